The van der Waals surface area contributed by atoms with Crippen LogP contribution in [0.5, 0.6) is 0 Å². The third-order valence-corrected chi connectivity index (χ3v) is 7.43. The van der Waals surface area contributed by atoms with E-state index in [0.29, 0.717) is 36.7 Å². The average Bonchev–Trinajstić information content (AvgIpc) is 3.37. The van der Waals surface area contributed by atoms with E-state index in [4.69, 9.17) is 9.15 Å². The number of ether oxygens (including phenoxy) is 1. The average molecular weight is 491 g/mol. The number of piperidine rings is 1. The molecule has 3 heterocycles. The number of carbonyl (C=O) groups excluding carboxylic acids is 2. The zero-order valence-electron chi connectivity index (χ0n) is 20.8. The Morgan fingerprint density at radius 2 is 1.81 bits per heavy atom. The number of morpholine rings is 1. The molecule has 2 saturated heterocycles. The fourth-order valence-electron chi connectivity index (χ4n) is 5.08. The minimum atomic E-state index is -0.0612. The predicted octanol–water partition coefficient (Wildman–Crippen LogP) is 3.43. The Balaban J connectivity index is 1.13. The van der Waals surface area contributed by atoms with E-state index in [1.54, 1.807) is 6.07 Å². The SMILES string of the molecule is C[C@H](C(=O)NCCN1CCOCC1)C1CCN(C(=O)c2ccc3nc(-c4ccccc4)oc3c2)CC1. The summed E-state index contributed by atoms with van der Waals surface area (Å²) in [6.45, 7) is 8.22. The van der Waals surface area contributed by atoms with Crippen molar-refractivity contribution in [3.63, 3.8) is 0 Å². The van der Waals surface area contributed by atoms with Crippen molar-refractivity contribution < 1.29 is 18.7 Å². The van der Waals surface area contributed by atoms with Gasteiger partial charge in [-0.1, -0.05) is 25.1 Å². The first kappa shape index (κ1) is 24.5. The lowest BCUT2D eigenvalue weighted by Gasteiger charge is -2.34. The van der Waals surface area contributed by atoms with Crippen LogP contribution in [0.25, 0.3) is 22.6 Å². The van der Waals surface area contributed by atoms with Gasteiger partial charge < -0.3 is 19.4 Å². The number of aromatic nitrogens is 1. The quantitative estimate of drug-likeness (QED) is 0.546. The van der Waals surface area contributed by atoms with Crippen LogP contribution in [0.2, 0.25) is 0 Å². The summed E-state index contributed by atoms with van der Waals surface area (Å²) in [5, 5.41) is 3.10. The van der Waals surface area contributed by atoms with Crippen molar-refractivity contribution in [3.8, 4) is 11.5 Å². The van der Waals surface area contributed by atoms with Gasteiger partial charge in [-0.05, 0) is 49.1 Å². The Kier molecular flexibility index (Phi) is 7.63. The monoisotopic (exact) mass is 490 g/mol. The van der Waals surface area contributed by atoms with Crippen molar-refractivity contribution in [1.82, 2.24) is 20.1 Å². The molecule has 3 aromatic rings. The number of nitrogens with one attached hydrogen (secondary N) is 1. The molecule has 2 aliphatic heterocycles. The van der Waals surface area contributed by atoms with Crippen molar-refractivity contribution in [3.05, 3.63) is 54.1 Å². The fourth-order valence-corrected chi connectivity index (χ4v) is 5.08. The van der Waals surface area contributed by atoms with Gasteiger partial charge in [-0.2, -0.15) is 0 Å². The van der Waals surface area contributed by atoms with Crippen LogP contribution in [0.1, 0.15) is 30.1 Å². The van der Waals surface area contributed by atoms with Crippen LogP contribution in [-0.4, -0.2) is 79.1 Å². The van der Waals surface area contributed by atoms with E-state index in [-0.39, 0.29) is 23.7 Å². The van der Waals surface area contributed by atoms with Crippen molar-refractivity contribution >= 4 is 22.9 Å². The lowest BCUT2D eigenvalue weighted by Crippen LogP contribution is -2.45. The number of hydrogen-bond acceptors (Lipinski definition) is 6. The van der Waals surface area contributed by atoms with Gasteiger partial charge in [0, 0.05) is 56.3 Å². The van der Waals surface area contributed by atoms with Crippen molar-refractivity contribution in [2.75, 3.05) is 52.5 Å². The summed E-state index contributed by atoms with van der Waals surface area (Å²) in [5.41, 5.74) is 2.85. The van der Waals surface area contributed by atoms with Gasteiger partial charge in [0.2, 0.25) is 11.8 Å². The Morgan fingerprint density at radius 1 is 1.06 bits per heavy atom. The van der Waals surface area contributed by atoms with E-state index in [2.05, 4.69) is 15.2 Å². The molecular weight excluding hydrogens is 456 g/mol. The molecule has 0 radical (unpaired) electrons. The molecule has 1 N–H and O–H groups in total. The Bertz CT molecular complexity index is 1180. The van der Waals surface area contributed by atoms with E-state index in [9.17, 15) is 9.59 Å². The minimum absolute atomic E-state index is 0.00405. The van der Waals surface area contributed by atoms with Gasteiger partial charge >= 0.3 is 0 Å². The molecule has 0 spiro atoms. The maximum atomic E-state index is 13.2. The summed E-state index contributed by atoms with van der Waals surface area (Å²) in [6, 6.07) is 15.2. The number of benzene rings is 2. The number of likely N-dealkylation sites (tertiary alicyclic amines) is 1. The van der Waals surface area contributed by atoms with E-state index >= 15 is 0 Å². The van der Waals surface area contributed by atoms with Gasteiger partial charge in [0.25, 0.3) is 5.91 Å². The highest BCUT2D eigenvalue weighted by molar-refractivity contribution is 5.97. The van der Waals surface area contributed by atoms with E-state index in [1.165, 1.54) is 0 Å². The van der Waals surface area contributed by atoms with Crippen molar-refractivity contribution in [2.45, 2.75) is 19.8 Å². The smallest absolute Gasteiger partial charge is 0.253 e. The molecule has 2 fully saturated rings. The normalized spacial score (nSPS) is 18.3. The summed E-state index contributed by atoms with van der Waals surface area (Å²) in [5.74, 6) is 0.874. The first-order valence-electron chi connectivity index (χ1n) is 12.9. The van der Waals surface area contributed by atoms with Gasteiger partial charge in [0.05, 0.1) is 13.2 Å². The second-order valence-corrected chi connectivity index (χ2v) is 9.73. The molecule has 1 aromatic heterocycles. The van der Waals surface area contributed by atoms with E-state index in [0.717, 1.165) is 56.8 Å². The largest absolute Gasteiger partial charge is 0.436 e. The fraction of sp³-hybridized carbons (Fsp3) is 0.464. The van der Waals surface area contributed by atoms with Crippen LogP contribution in [0.15, 0.2) is 52.9 Å². The highest BCUT2D eigenvalue weighted by atomic mass is 16.5. The number of oxazole rings is 1. The molecule has 0 saturated carbocycles. The summed E-state index contributed by atoms with van der Waals surface area (Å²) in [7, 11) is 0. The molecule has 5 rings (SSSR count). The molecule has 190 valence electrons. The van der Waals surface area contributed by atoms with Gasteiger partial charge in [0.1, 0.15) is 5.52 Å². The highest BCUT2D eigenvalue weighted by Crippen LogP contribution is 2.28. The maximum Gasteiger partial charge on any atom is 0.253 e. The summed E-state index contributed by atoms with van der Waals surface area (Å²) < 4.78 is 11.3. The predicted molar refractivity (Wildman–Crippen MR) is 138 cm³/mol. The van der Waals surface area contributed by atoms with Crippen molar-refractivity contribution in [1.29, 1.82) is 0 Å². The zero-order valence-corrected chi connectivity index (χ0v) is 20.8. The Morgan fingerprint density at radius 3 is 2.56 bits per heavy atom. The summed E-state index contributed by atoms with van der Waals surface area (Å²) in [6.07, 6.45) is 1.65. The molecular formula is C28H34N4O4. The number of amides is 2. The Labute approximate surface area is 211 Å². The highest BCUT2D eigenvalue weighted by Gasteiger charge is 2.30. The Hall–Kier alpha value is -3.23. The number of nitrogens with zero attached hydrogens (tertiary/aromatic N) is 3. The molecule has 2 aliphatic rings. The van der Waals surface area contributed by atoms with Crippen LogP contribution < -0.4 is 5.32 Å². The van der Waals surface area contributed by atoms with Gasteiger partial charge in [-0.3, -0.25) is 14.5 Å². The molecule has 2 amide bonds. The number of fused-ring (bicyclic) bond motifs is 1. The standard InChI is InChI=1S/C28H34N4O4/c1-20(26(33)29-11-14-31-15-17-35-18-16-31)21-9-12-32(13-10-21)28(34)23-7-8-24-25(19-23)36-27(30-24)22-5-3-2-4-6-22/h2-8,19-21H,9-18H2,1H3,(H,29,33)/t20-/m0/s1. The number of rotatable bonds is 7. The summed E-state index contributed by atoms with van der Waals surface area (Å²) >= 11 is 0. The van der Waals surface area contributed by atoms with Gasteiger partial charge in [0.15, 0.2) is 5.58 Å². The van der Waals surface area contributed by atoms with Crippen LogP contribution in [0, 0.1) is 11.8 Å². The van der Waals surface area contributed by atoms with Gasteiger partial charge in [-0.15, -0.1) is 0 Å². The lowest BCUT2D eigenvalue weighted by atomic mass is 9.84. The molecule has 8 heteroatoms. The van der Waals surface area contributed by atoms with Crippen LogP contribution >= 0.6 is 0 Å². The second kappa shape index (κ2) is 11.2. The molecule has 36 heavy (non-hydrogen) atoms. The van der Waals surface area contributed by atoms with Crippen molar-refractivity contribution in [2.24, 2.45) is 11.8 Å². The number of hydrogen-bond donors (Lipinski definition) is 1. The van der Waals surface area contributed by atoms with E-state index < -0.39 is 0 Å². The molecule has 0 bridgehead atoms. The topological polar surface area (TPSA) is 87.9 Å². The minimum Gasteiger partial charge on any atom is -0.436 e. The second-order valence-electron chi connectivity index (χ2n) is 9.73. The first-order valence-corrected chi connectivity index (χ1v) is 12.9. The van der Waals surface area contributed by atoms with Crippen LogP contribution in [0.3, 0.4) is 0 Å². The lowest BCUT2D eigenvalue weighted by molar-refractivity contribution is -0.126. The molecule has 2 aromatic carbocycles. The molecule has 8 nitrogen and oxygen atoms in total. The van der Waals surface area contributed by atoms with Crippen LogP contribution in [-0.2, 0) is 9.53 Å². The third kappa shape index (κ3) is 5.60. The van der Waals surface area contributed by atoms with Gasteiger partial charge in [-0.25, -0.2) is 4.98 Å². The van der Waals surface area contributed by atoms with Crippen LogP contribution in [0.4, 0.5) is 0 Å². The molecule has 0 aliphatic carbocycles. The zero-order chi connectivity index (χ0) is 24.9. The third-order valence-electron chi connectivity index (χ3n) is 7.43. The number of carbonyl (C=O) groups is 2. The first-order chi connectivity index (χ1) is 17.6. The maximum absolute atomic E-state index is 13.2. The van der Waals surface area contributed by atoms with E-state index in [1.807, 2.05) is 54.3 Å². The molecule has 1 atom stereocenters. The molecule has 0 unspecified atom stereocenters. The summed E-state index contributed by atoms with van der Waals surface area (Å²) in [4.78, 5) is 34.6.